The molecule has 0 bridgehead atoms. The number of aryl methyl sites for hydroxylation is 2. The largest absolute Gasteiger partial charge is 0.285 e. The van der Waals surface area contributed by atoms with E-state index in [-0.39, 0.29) is 0 Å². The lowest BCUT2D eigenvalue weighted by Gasteiger charge is -2.17. The number of nitrogens with zero attached hydrogens (tertiary/aromatic N) is 2. The molecule has 0 radical (unpaired) electrons. The molecule has 1 aliphatic carbocycles. The van der Waals surface area contributed by atoms with Gasteiger partial charge in [-0.1, -0.05) is 0 Å². The molecule has 0 saturated carbocycles. The van der Waals surface area contributed by atoms with Crippen molar-refractivity contribution in [1.29, 1.82) is 0 Å². The van der Waals surface area contributed by atoms with E-state index in [4.69, 9.17) is 4.98 Å². The Bertz CT molecular complexity index is 611. The number of rotatable bonds is 1. The standard InChI is InChI=1S/C16H21N3S/c1-2-6-10-19(9-5-1)15-14-12-7-3-4-8-13(12)20-16(14)18-11-17-15/h11H,1-10H2/p+1. The Balaban J connectivity index is 1.83. The Hall–Kier alpha value is -1.00. The van der Waals surface area contributed by atoms with E-state index in [0.29, 0.717) is 0 Å². The molecule has 0 aromatic carbocycles. The van der Waals surface area contributed by atoms with Crippen LogP contribution in [0.4, 0.5) is 5.82 Å². The third-order valence-electron chi connectivity index (χ3n) is 4.79. The third kappa shape index (κ3) is 2.15. The molecule has 1 fully saturated rings. The Morgan fingerprint density at radius 2 is 1.70 bits per heavy atom. The summed E-state index contributed by atoms with van der Waals surface area (Å²) in [6, 6.07) is 0. The Morgan fingerprint density at radius 1 is 0.900 bits per heavy atom. The zero-order chi connectivity index (χ0) is 13.4. The molecule has 0 atom stereocenters. The van der Waals surface area contributed by atoms with Gasteiger partial charge in [0, 0.05) is 4.88 Å². The normalized spacial score (nSPS) is 20.8. The second-order valence-electron chi connectivity index (χ2n) is 6.13. The summed E-state index contributed by atoms with van der Waals surface area (Å²) in [5, 5.41) is 1.42. The van der Waals surface area contributed by atoms with Crippen molar-refractivity contribution in [1.82, 2.24) is 9.97 Å². The highest BCUT2D eigenvalue weighted by molar-refractivity contribution is 7.18. The van der Waals surface area contributed by atoms with Gasteiger partial charge in [-0.3, -0.25) is 4.90 Å². The summed E-state index contributed by atoms with van der Waals surface area (Å²) in [5.74, 6) is 1.30. The van der Waals surface area contributed by atoms with Crippen LogP contribution in [0.5, 0.6) is 0 Å². The van der Waals surface area contributed by atoms with Crippen LogP contribution in [-0.4, -0.2) is 23.1 Å². The minimum Gasteiger partial charge on any atom is -0.285 e. The number of hydrogen-bond donors (Lipinski definition) is 1. The first kappa shape index (κ1) is 12.7. The van der Waals surface area contributed by atoms with Gasteiger partial charge in [0.15, 0.2) is 0 Å². The molecule has 3 heterocycles. The molecule has 0 unspecified atom stereocenters. The molecule has 0 spiro atoms. The first-order valence-electron chi connectivity index (χ1n) is 8.04. The van der Waals surface area contributed by atoms with E-state index in [1.165, 1.54) is 80.5 Å². The molecule has 3 nitrogen and oxygen atoms in total. The van der Waals surface area contributed by atoms with Crippen LogP contribution < -0.4 is 4.90 Å². The van der Waals surface area contributed by atoms with Gasteiger partial charge in [-0.2, -0.15) is 4.98 Å². The summed E-state index contributed by atoms with van der Waals surface area (Å²) >= 11 is 1.92. The fourth-order valence-corrected chi connectivity index (χ4v) is 4.98. The molecule has 2 aromatic heterocycles. The zero-order valence-corrected chi connectivity index (χ0v) is 12.8. The van der Waals surface area contributed by atoms with E-state index < -0.39 is 0 Å². The van der Waals surface area contributed by atoms with Gasteiger partial charge in [-0.25, -0.2) is 4.98 Å². The maximum atomic E-state index is 4.71. The summed E-state index contributed by atoms with van der Waals surface area (Å²) < 4.78 is 0. The summed E-state index contributed by atoms with van der Waals surface area (Å²) in [6.07, 6.45) is 12.4. The van der Waals surface area contributed by atoms with Crippen molar-refractivity contribution >= 4 is 27.4 Å². The predicted molar refractivity (Wildman–Crippen MR) is 82.9 cm³/mol. The van der Waals surface area contributed by atoms with Crippen LogP contribution >= 0.6 is 11.3 Å². The fourth-order valence-electron chi connectivity index (χ4n) is 3.75. The van der Waals surface area contributed by atoms with Gasteiger partial charge in [-0.15, -0.1) is 11.3 Å². The quantitative estimate of drug-likeness (QED) is 0.874. The summed E-state index contributed by atoms with van der Waals surface area (Å²) in [5.41, 5.74) is 1.59. The van der Waals surface area contributed by atoms with Gasteiger partial charge in [0.25, 0.3) is 0 Å². The predicted octanol–water partition coefficient (Wildman–Crippen LogP) is 2.66. The highest BCUT2D eigenvalue weighted by Crippen LogP contribution is 2.37. The smallest absolute Gasteiger partial charge is 0.238 e. The number of hydrogen-bond acceptors (Lipinski definition) is 3. The molecule has 2 aliphatic rings. The maximum Gasteiger partial charge on any atom is 0.238 e. The number of thiophene rings is 1. The highest BCUT2D eigenvalue weighted by atomic mass is 32.1. The van der Waals surface area contributed by atoms with Crippen LogP contribution in [0.1, 0.15) is 49.0 Å². The molecule has 20 heavy (non-hydrogen) atoms. The number of nitrogens with one attached hydrogen (secondary N) is 1. The van der Waals surface area contributed by atoms with Crippen LogP contribution in [0.3, 0.4) is 0 Å². The van der Waals surface area contributed by atoms with Crippen LogP contribution in [-0.2, 0) is 12.8 Å². The first-order chi connectivity index (χ1) is 9.93. The minimum atomic E-state index is 1.23. The first-order valence-corrected chi connectivity index (χ1v) is 8.85. The number of aromatic nitrogens is 2. The second kappa shape index (κ2) is 5.41. The monoisotopic (exact) mass is 288 g/mol. The second-order valence-corrected chi connectivity index (χ2v) is 7.21. The zero-order valence-electron chi connectivity index (χ0n) is 12.0. The molecular weight excluding hydrogens is 266 g/mol. The summed E-state index contributed by atoms with van der Waals surface area (Å²) in [6.45, 7) is 2.49. The van der Waals surface area contributed by atoms with Crippen molar-refractivity contribution in [3.05, 3.63) is 16.8 Å². The molecular formula is C16H22N3S+. The average Bonchev–Trinajstić information content (AvgIpc) is 2.68. The van der Waals surface area contributed by atoms with Crippen molar-refractivity contribution in [2.45, 2.75) is 51.4 Å². The third-order valence-corrected chi connectivity index (χ3v) is 5.99. The molecule has 1 saturated heterocycles. The summed E-state index contributed by atoms with van der Waals surface area (Å²) in [4.78, 5) is 13.7. The Kier molecular flexibility index (Phi) is 3.44. The van der Waals surface area contributed by atoms with E-state index >= 15 is 0 Å². The molecule has 1 aliphatic heterocycles. The fraction of sp³-hybridized carbons (Fsp3) is 0.625. The van der Waals surface area contributed by atoms with Crippen LogP contribution in [0.25, 0.3) is 10.2 Å². The summed E-state index contributed by atoms with van der Waals surface area (Å²) in [7, 11) is 0. The molecule has 1 N–H and O–H groups in total. The topological polar surface area (TPSA) is 30.2 Å². The average molecular weight is 288 g/mol. The van der Waals surface area contributed by atoms with Gasteiger partial charge >= 0.3 is 0 Å². The van der Waals surface area contributed by atoms with Crippen LogP contribution in [0.2, 0.25) is 0 Å². The van der Waals surface area contributed by atoms with E-state index in [2.05, 4.69) is 4.98 Å². The lowest BCUT2D eigenvalue weighted by molar-refractivity contribution is -0.833. The van der Waals surface area contributed by atoms with Crippen molar-refractivity contribution in [2.24, 2.45) is 0 Å². The molecule has 4 rings (SSSR count). The van der Waals surface area contributed by atoms with Gasteiger partial charge in [0.1, 0.15) is 11.2 Å². The van der Waals surface area contributed by atoms with E-state index in [9.17, 15) is 0 Å². The number of fused-ring (bicyclic) bond motifs is 3. The minimum absolute atomic E-state index is 1.23. The maximum absolute atomic E-state index is 4.71. The van der Waals surface area contributed by atoms with E-state index in [0.717, 1.165) is 0 Å². The van der Waals surface area contributed by atoms with Crippen LogP contribution in [0, 0.1) is 0 Å². The molecule has 2 aromatic rings. The molecule has 0 amide bonds. The van der Waals surface area contributed by atoms with Crippen LogP contribution in [0.15, 0.2) is 6.33 Å². The lowest BCUT2D eigenvalue weighted by Crippen LogP contribution is -3.07. The van der Waals surface area contributed by atoms with Gasteiger partial charge in [0.05, 0.1) is 18.5 Å². The van der Waals surface area contributed by atoms with Gasteiger partial charge in [-0.05, 0) is 56.9 Å². The van der Waals surface area contributed by atoms with E-state index in [1.807, 2.05) is 11.3 Å². The highest BCUT2D eigenvalue weighted by Gasteiger charge is 2.25. The molecule has 4 heteroatoms. The lowest BCUT2D eigenvalue weighted by atomic mass is 9.97. The van der Waals surface area contributed by atoms with Crippen molar-refractivity contribution < 1.29 is 4.90 Å². The van der Waals surface area contributed by atoms with E-state index in [1.54, 1.807) is 21.7 Å². The molecule has 106 valence electrons. The van der Waals surface area contributed by atoms with Gasteiger partial charge in [0.2, 0.25) is 5.82 Å². The Morgan fingerprint density at radius 3 is 2.55 bits per heavy atom. The SMILES string of the molecule is c1nc([NH+]2CCCCCC2)c2c3c(sc2n1)CCCC3. The van der Waals surface area contributed by atoms with Gasteiger partial charge < -0.3 is 0 Å². The van der Waals surface area contributed by atoms with Crippen molar-refractivity contribution in [2.75, 3.05) is 13.1 Å². The van der Waals surface area contributed by atoms with Crippen molar-refractivity contribution in [3.8, 4) is 0 Å². The Labute approximate surface area is 124 Å². The van der Waals surface area contributed by atoms with Crippen molar-refractivity contribution in [3.63, 3.8) is 0 Å². The number of quaternary nitrogens is 1.